The number of nitro groups is 1. The van der Waals surface area contributed by atoms with Gasteiger partial charge in [0.1, 0.15) is 0 Å². The van der Waals surface area contributed by atoms with Crippen LogP contribution in [0.4, 0.5) is 5.69 Å². The minimum atomic E-state index is -3.38. The van der Waals surface area contributed by atoms with Gasteiger partial charge in [0.05, 0.1) is 23.5 Å². The van der Waals surface area contributed by atoms with Gasteiger partial charge < -0.3 is 10.5 Å². The summed E-state index contributed by atoms with van der Waals surface area (Å²) in [6.07, 6.45) is 0. The number of hydrogen-bond acceptors (Lipinski definition) is 6. The van der Waals surface area contributed by atoms with Gasteiger partial charge in [-0.15, -0.1) is 0 Å². The average molecular weight is 288 g/mol. The summed E-state index contributed by atoms with van der Waals surface area (Å²) in [7, 11) is -2.07. The molecule has 0 amide bonds. The fraction of sp³-hybridized carbons (Fsp3) is 0.455. The predicted octanol–water partition coefficient (Wildman–Crippen LogP) is 0.865. The number of nitrogens with zero attached hydrogens (tertiary/aromatic N) is 1. The molecule has 0 heterocycles. The maximum Gasteiger partial charge on any atom is 0.311 e. The molecule has 0 fully saturated rings. The summed E-state index contributed by atoms with van der Waals surface area (Å²) in [6.45, 7) is 1.59. The minimum absolute atomic E-state index is 0.0957. The fourth-order valence-electron chi connectivity index (χ4n) is 1.68. The van der Waals surface area contributed by atoms with E-state index in [-0.39, 0.29) is 22.9 Å². The van der Waals surface area contributed by atoms with Crippen LogP contribution in [0.1, 0.15) is 12.5 Å². The van der Waals surface area contributed by atoms with Crippen LogP contribution in [0.5, 0.6) is 5.75 Å². The molecule has 0 aliphatic carbocycles. The summed E-state index contributed by atoms with van der Waals surface area (Å²) < 4.78 is 28.4. The number of ether oxygens (including phenoxy) is 1. The van der Waals surface area contributed by atoms with E-state index in [1.54, 1.807) is 6.92 Å². The fourth-order valence-corrected chi connectivity index (χ4v) is 3.29. The number of rotatable bonds is 6. The van der Waals surface area contributed by atoms with Gasteiger partial charge in [0.15, 0.2) is 15.6 Å². The minimum Gasteiger partial charge on any atom is -0.490 e. The number of nitrogens with two attached hydrogens (primary N) is 1. The van der Waals surface area contributed by atoms with Crippen molar-refractivity contribution in [3.8, 4) is 5.75 Å². The maximum atomic E-state index is 11.8. The summed E-state index contributed by atoms with van der Waals surface area (Å²) in [5, 5.41) is 10.8. The third-order valence-electron chi connectivity index (χ3n) is 2.34. The van der Waals surface area contributed by atoms with Gasteiger partial charge in [-0.2, -0.15) is 0 Å². The second-order valence-electron chi connectivity index (χ2n) is 4.30. The van der Waals surface area contributed by atoms with Crippen molar-refractivity contribution in [1.29, 1.82) is 0 Å². The number of sulfone groups is 1. The highest BCUT2D eigenvalue weighted by molar-refractivity contribution is 7.90. The summed E-state index contributed by atoms with van der Waals surface area (Å²) in [5.74, 6) is -0.343. The lowest BCUT2D eigenvalue weighted by Gasteiger charge is -2.08. The zero-order chi connectivity index (χ0) is 14.6. The first kappa shape index (κ1) is 15.4. The monoisotopic (exact) mass is 288 g/mol. The van der Waals surface area contributed by atoms with Crippen molar-refractivity contribution in [1.82, 2.24) is 0 Å². The van der Waals surface area contributed by atoms with Crippen LogP contribution >= 0.6 is 0 Å². The van der Waals surface area contributed by atoms with E-state index in [1.165, 1.54) is 25.3 Å². The quantitative estimate of drug-likeness (QED) is 0.613. The molecule has 1 aromatic carbocycles. The Labute approximate surface area is 111 Å². The Morgan fingerprint density at radius 1 is 1.47 bits per heavy atom. The topological polar surface area (TPSA) is 113 Å². The average Bonchev–Trinajstić information content (AvgIpc) is 2.26. The number of hydrogen-bond donors (Lipinski definition) is 1. The first-order chi connectivity index (χ1) is 8.75. The predicted molar refractivity (Wildman–Crippen MR) is 70.8 cm³/mol. The van der Waals surface area contributed by atoms with E-state index in [4.69, 9.17) is 10.5 Å². The molecule has 7 nitrogen and oxygen atoms in total. The highest BCUT2D eigenvalue weighted by Gasteiger charge is 2.19. The van der Waals surface area contributed by atoms with Crippen molar-refractivity contribution in [2.24, 2.45) is 5.73 Å². The number of benzene rings is 1. The molecule has 0 spiro atoms. The van der Waals surface area contributed by atoms with Gasteiger partial charge in [0.2, 0.25) is 0 Å². The highest BCUT2D eigenvalue weighted by Crippen LogP contribution is 2.28. The van der Waals surface area contributed by atoms with Crippen LogP contribution in [0.25, 0.3) is 0 Å². The van der Waals surface area contributed by atoms with Crippen LogP contribution in [-0.4, -0.2) is 32.2 Å². The Morgan fingerprint density at radius 2 is 2.11 bits per heavy atom. The van der Waals surface area contributed by atoms with Crippen molar-refractivity contribution in [3.63, 3.8) is 0 Å². The van der Waals surface area contributed by atoms with Gasteiger partial charge in [-0.3, -0.25) is 10.1 Å². The Hall–Kier alpha value is -1.67. The summed E-state index contributed by atoms with van der Waals surface area (Å²) in [6, 6.07) is 3.61. The van der Waals surface area contributed by atoms with Crippen LogP contribution in [-0.2, 0) is 15.6 Å². The number of methoxy groups -OCH3 is 1. The molecule has 1 rings (SSSR count). The lowest BCUT2D eigenvalue weighted by Crippen LogP contribution is -2.27. The highest BCUT2D eigenvalue weighted by atomic mass is 32.2. The molecule has 2 N–H and O–H groups in total. The van der Waals surface area contributed by atoms with Gasteiger partial charge in [0, 0.05) is 12.1 Å². The first-order valence-corrected chi connectivity index (χ1v) is 7.34. The van der Waals surface area contributed by atoms with Crippen LogP contribution in [0.2, 0.25) is 0 Å². The molecule has 0 saturated carbocycles. The molecular formula is C11H16N2O5S. The molecule has 0 aliphatic heterocycles. The zero-order valence-electron chi connectivity index (χ0n) is 10.7. The molecule has 8 heteroatoms. The summed E-state index contributed by atoms with van der Waals surface area (Å²) in [4.78, 5) is 10.2. The van der Waals surface area contributed by atoms with E-state index in [9.17, 15) is 18.5 Å². The summed E-state index contributed by atoms with van der Waals surface area (Å²) in [5.41, 5.74) is 5.54. The third kappa shape index (κ3) is 4.49. The molecular weight excluding hydrogens is 272 g/mol. The van der Waals surface area contributed by atoms with Crippen molar-refractivity contribution >= 4 is 15.5 Å². The molecule has 0 radical (unpaired) electrons. The lowest BCUT2D eigenvalue weighted by molar-refractivity contribution is -0.385. The molecule has 0 aromatic heterocycles. The van der Waals surface area contributed by atoms with Crippen molar-refractivity contribution in [2.75, 3.05) is 12.9 Å². The van der Waals surface area contributed by atoms with Crippen molar-refractivity contribution in [3.05, 3.63) is 33.9 Å². The Balaban J connectivity index is 3.04. The van der Waals surface area contributed by atoms with Gasteiger partial charge in [-0.25, -0.2) is 8.42 Å². The van der Waals surface area contributed by atoms with Gasteiger partial charge in [0.25, 0.3) is 0 Å². The lowest BCUT2D eigenvalue weighted by atomic mass is 10.2. The van der Waals surface area contributed by atoms with Crippen LogP contribution in [0.15, 0.2) is 18.2 Å². The molecule has 19 heavy (non-hydrogen) atoms. The zero-order valence-corrected chi connectivity index (χ0v) is 11.5. The maximum absolute atomic E-state index is 11.8. The van der Waals surface area contributed by atoms with Crippen molar-refractivity contribution in [2.45, 2.75) is 18.7 Å². The molecule has 1 unspecified atom stereocenters. The van der Waals surface area contributed by atoms with Gasteiger partial charge in [-0.05, 0) is 18.6 Å². The smallest absolute Gasteiger partial charge is 0.311 e. The SMILES string of the molecule is COc1ccc(CS(=O)(=O)CC(C)N)cc1[N+](=O)[O-]. The molecule has 1 atom stereocenters. The Morgan fingerprint density at radius 3 is 2.58 bits per heavy atom. The summed E-state index contributed by atoms with van der Waals surface area (Å²) >= 11 is 0. The number of nitro benzene ring substituents is 1. The third-order valence-corrected chi connectivity index (χ3v) is 4.15. The Kier molecular flexibility index (Phi) is 4.84. The van der Waals surface area contributed by atoms with Crippen LogP contribution in [0.3, 0.4) is 0 Å². The standard InChI is InChI=1S/C11H16N2O5S/c1-8(12)6-19(16,17)7-9-3-4-11(18-2)10(5-9)13(14)15/h3-5,8H,6-7,12H2,1-2H3. The molecule has 1 aromatic rings. The largest absolute Gasteiger partial charge is 0.490 e. The van der Waals surface area contributed by atoms with Gasteiger partial charge >= 0.3 is 5.69 Å². The molecule has 106 valence electrons. The second-order valence-corrected chi connectivity index (χ2v) is 6.40. The van der Waals surface area contributed by atoms with Crippen LogP contribution < -0.4 is 10.5 Å². The van der Waals surface area contributed by atoms with Crippen LogP contribution in [0, 0.1) is 10.1 Å². The molecule has 0 saturated heterocycles. The second kappa shape index (κ2) is 5.98. The first-order valence-electron chi connectivity index (χ1n) is 5.52. The Bertz CT molecular complexity index is 568. The van der Waals surface area contributed by atoms with E-state index < -0.39 is 20.8 Å². The van der Waals surface area contributed by atoms with Crippen molar-refractivity contribution < 1.29 is 18.1 Å². The normalized spacial score (nSPS) is 13.0. The van der Waals surface area contributed by atoms with E-state index >= 15 is 0 Å². The molecule has 0 aliphatic rings. The van der Waals surface area contributed by atoms with Gasteiger partial charge in [-0.1, -0.05) is 6.07 Å². The van der Waals surface area contributed by atoms with E-state index in [0.29, 0.717) is 5.56 Å². The van der Waals surface area contributed by atoms with E-state index in [2.05, 4.69) is 0 Å². The van der Waals surface area contributed by atoms with E-state index in [1.807, 2.05) is 0 Å². The molecule has 0 bridgehead atoms. The van der Waals surface area contributed by atoms with E-state index in [0.717, 1.165) is 0 Å².